The Labute approximate surface area is 176 Å². The second-order valence-corrected chi connectivity index (χ2v) is 9.59. The van der Waals surface area contributed by atoms with Gasteiger partial charge in [-0.3, -0.25) is 14.8 Å². The van der Waals surface area contributed by atoms with E-state index in [4.69, 9.17) is 9.47 Å². The molecule has 1 aromatic rings. The number of aliphatic hydroxyl groups is 1. The van der Waals surface area contributed by atoms with Gasteiger partial charge in [-0.1, -0.05) is 19.9 Å². The molecule has 2 aliphatic rings. The van der Waals surface area contributed by atoms with Crippen molar-refractivity contribution in [2.24, 2.45) is 5.92 Å². The zero-order chi connectivity index (χ0) is 20.9. The van der Waals surface area contributed by atoms with Crippen molar-refractivity contribution < 1.29 is 14.6 Å². The van der Waals surface area contributed by atoms with E-state index >= 15 is 0 Å². The Morgan fingerprint density at radius 2 is 1.97 bits per heavy atom. The molecule has 0 aromatic carbocycles. The molecule has 2 unspecified atom stereocenters. The van der Waals surface area contributed by atoms with Crippen molar-refractivity contribution in [3.05, 3.63) is 30.1 Å². The summed E-state index contributed by atoms with van der Waals surface area (Å²) in [7, 11) is 0. The van der Waals surface area contributed by atoms with Gasteiger partial charge in [-0.15, -0.1) is 0 Å². The summed E-state index contributed by atoms with van der Waals surface area (Å²) in [6.45, 7) is 15.8. The van der Waals surface area contributed by atoms with E-state index < -0.39 is 6.10 Å². The molecular weight excluding hydrogens is 366 g/mol. The molecule has 2 aliphatic heterocycles. The number of hydrogen-bond acceptors (Lipinski definition) is 6. The van der Waals surface area contributed by atoms with Crippen LogP contribution >= 0.6 is 0 Å². The van der Waals surface area contributed by atoms with Crippen LogP contribution in [0.2, 0.25) is 0 Å². The van der Waals surface area contributed by atoms with Crippen LogP contribution in [-0.4, -0.2) is 83.6 Å². The highest BCUT2D eigenvalue weighted by atomic mass is 16.5. The largest absolute Gasteiger partial charge is 0.385 e. The topological polar surface area (TPSA) is 58.1 Å². The smallest absolute Gasteiger partial charge is 0.114 e. The fourth-order valence-corrected chi connectivity index (χ4v) is 4.80. The Hall–Kier alpha value is -1.05. The molecule has 2 saturated heterocycles. The predicted octanol–water partition coefficient (Wildman–Crippen LogP) is 2.73. The zero-order valence-corrected chi connectivity index (χ0v) is 18.6. The highest BCUT2D eigenvalue weighted by molar-refractivity contribution is 5.16. The second kappa shape index (κ2) is 9.84. The molecule has 0 bridgehead atoms. The van der Waals surface area contributed by atoms with Crippen LogP contribution < -0.4 is 0 Å². The Morgan fingerprint density at radius 3 is 2.59 bits per heavy atom. The van der Waals surface area contributed by atoms with Crippen molar-refractivity contribution in [2.75, 3.05) is 52.5 Å². The normalized spacial score (nSPS) is 27.2. The van der Waals surface area contributed by atoms with Crippen LogP contribution in [0.25, 0.3) is 0 Å². The molecule has 0 aliphatic carbocycles. The van der Waals surface area contributed by atoms with Gasteiger partial charge in [-0.05, 0) is 44.7 Å². The summed E-state index contributed by atoms with van der Waals surface area (Å²) < 4.78 is 11.8. The lowest BCUT2D eigenvalue weighted by Gasteiger charge is -2.55. The van der Waals surface area contributed by atoms with E-state index in [0.29, 0.717) is 12.5 Å². The van der Waals surface area contributed by atoms with Crippen molar-refractivity contribution in [1.82, 2.24) is 14.8 Å². The lowest BCUT2D eigenvalue weighted by molar-refractivity contribution is -0.165. The van der Waals surface area contributed by atoms with Crippen LogP contribution in [0, 0.1) is 5.92 Å². The monoisotopic (exact) mass is 405 g/mol. The summed E-state index contributed by atoms with van der Waals surface area (Å²) in [6, 6.07) is 5.80. The quantitative estimate of drug-likeness (QED) is 0.671. The van der Waals surface area contributed by atoms with Gasteiger partial charge in [0.15, 0.2) is 0 Å². The van der Waals surface area contributed by atoms with Crippen LogP contribution in [-0.2, 0) is 9.47 Å². The van der Waals surface area contributed by atoms with Gasteiger partial charge >= 0.3 is 0 Å². The van der Waals surface area contributed by atoms with E-state index in [1.165, 1.54) is 0 Å². The average molecular weight is 406 g/mol. The third-order valence-electron chi connectivity index (χ3n) is 6.24. The maximum Gasteiger partial charge on any atom is 0.114 e. The number of nitrogens with zero attached hydrogens (tertiary/aromatic N) is 3. The molecule has 3 rings (SSSR count). The van der Waals surface area contributed by atoms with Gasteiger partial charge in [-0.25, -0.2) is 0 Å². The van der Waals surface area contributed by atoms with E-state index in [1.54, 1.807) is 6.20 Å². The molecule has 2 fully saturated rings. The van der Waals surface area contributed by atoms with Gasteiger partial charge in [-0.2, -0.15) is 0 Å². The molecule has 1 aromatic heterocycles. The molecule has 0 saturated carbocycles. The summed E-state index contributed by atoms with van der Waals surface area (Å²) in [6.07, 6.45) is 2.78. The van der Waals surface area contributed by atoms with Crippen LogP contribution in [0.15, 0.2) is 24.4 Å². The van der Waals surface area contributed by atoms with E-state index in [0.717, 1.165) is 64.5 Å². The molecule has 2 atom stereocenters. The highest BCUT2D eigenvalue weighted by Gasteiger charge is 2.51. The number of pyridine rings is 1. The lowest BCUT2D eigenvalue weighted by Crippen LogP contribution is -2.64. The Bertz CT molecular complexity index is 617. The van der Waals surface area contributed by atoms with Crippen LogP contribution in [0.4, 0.5) is 0 Å². The fourth-order valence-electron chi connectivity index (χ4n) is 4.80. The number of aliphatic hydroxyl groups excluding tert-OH is 1. The van der Waals surface area contributed by atoms with Crippen molar-refractivity contribution in [3.63, 3.8) is 0 Å². The summed E-state index contributed by atoms with van der Waals surface area (Å²) in [5, 5.41) is 11.5. The number of aromatic nitrogens is 1. The third kappa shape index (κ3) is 5.76. The number of piperazine rings is 1. The van der Waals surface area contributed by atoms with Crippen molar-refractivity contribution in [1.29, 1.82) is 0 Å². The second-order valence-electron chi connectivity index (χ2n) is 9.59. The predicted molar refractivity (Wildman–Crippen MR) is 115 cm³/mol. The highest BCUT2D eigenvalue weighted by Crippen LogP contribution is 2.44. The number of rotatable bonds is 8. The molecule has 0 radical (unpaired) electrons. The molecule has 6 nitrogen and oxygen atoms in total. The van der Waals surface area contributed by atoms with E-state index in [1.807, 2.05) is 18.2 Å². The third-order valence-corrected chi connectivity index (χ3v) is 6.24. The first-order chi connectivity index (χ1) is 13.8. The van der Waals surface area contributed by atoms with Crippen LogP contribution in [0.1, 0.15) is 52.3 Å². The van der Waals surface area contributed by atoms with Gasteiger partial charge in [0, 0.05) is 52.1 Å². The maximum absolute atomic E-state index is 11.5. The van der Waals surface area contributed by atoms with Crippen molar-refractivity contribution in [2.45, 2.75) is 57.8 Å². The average Bonchev–Trinajstić information content (AvgIpc) is 2.71. The Morgan fingerprint density at radius 1 is 1.21 bits per heavy atom. The molecule has 29 heavy (non-hydrogen) atoms. The molecule has 0 amide bonds. The standard InChI is InChI=1S/C23H39N3O3/c1-19(2)17-28-16-14-25-10-12-26(13-11-25)23(8-15-29-22(3,4)18-23)21(27)20-7-5-6-9-24-20/h5-7,9,19,21,27H,8,10-18H2,1-4H3. The van der Waals surface area contributed by atoms with Gasteiger partial charge in [0.1, 0.15) is 6.10 Å². The lowest BCUT2D eigenvalue weighted by atomic mass is 9.74. The minimum Gasteiger partial charge on any atom is -0.385 e. The minimum absolute atomic E-state index is 0.254. The van der Waals surface area contributed by atoms with E-state index in [2.05, 4.69) is 42.5 Å². The first-order valence-electron chi connectivity index (χ1n) is 11.1. The molecule has 3 heterocycles. The zero-order valence-electron chi connectivity index (χ0n) is 18.6. The molecule has 1 N–H and O–H groups in total. The van der Waals surface area contributed by atoms with Crippen molar-refractivity contribution in [3.8, 4) is 0 Å². The number of ether oxygens (including phenoxy) is 2. The summed E-state index contributed by atoms with van der Waals surface area (Å²) in [5.74, 6) is 0.580. The molecule has 0 spiro atoms. The van der Waals surface area contributed by atoms with Gasteiger partial charge < -0.3 is 14.6 Å². The van der Waals surface area contributed by atoms with Crippen LogP contribution in [0.5, 0.6) is 0 Å². The number of hydrogen-bond donors (Lipinski definition) is 1. The summed E-state index contributed by atoms with van der Waals surface area (Å²) in [5.41, 5.74) is 0.168. The molecular formula is C23H39N3O3. The van der Waals surface area contributed by atoms with Gasteiger partial charge in [0.05, 0.1) is 23.4 Å². The fraction of sp³-hybridized carbons (Fsp3) is 0.783. The molecule has 164 valence electrons. The van der Waals surface area contributed by atoms with E-state index in [9.17, 15) is 5.11 Å². The Balaban J connectivity index is 1.67. The van der Waals surface area contributed by atoms with Crippen LogP contribution in [0.3, 0.4) is 0 Å². The van der Waals surface area contributed by atoms with Crippen molar-refractivity contribution >= 4 is 0 Å². The maximum atomic E-state index is 11.5. The SMILES string of the molecule is CC(C)COCCN1CCN(C2(C(O)c3ccccn3)CCOC(C)(C)C2)CC1. The summed E-state index contributed by atoms with van der Waals surface area (Å²) >= 11 is 0. The molecule has 6 heteroatoms. The Kier molecular flexibility index (Phi) is 7.68. The van der Waals surface area contributed by atoms with E-state index in [-0.39, 0.29) is 11.1 Å². The minimum atomic E-state index is -0.618. The van der Waals surface area contributed by atoms with Gasteiger partial charge in [0.25, 0.3) is 0 Å². The van der Waals surface area contributed by atoms with Gasteiger partial charge in [0.2, 0.25) is 0 Å². The first-order valence-corrected chi connectivity index (χ1v) is 11.1. The first kappa shape index (κ1) is 22.6. The summed E-state index contributed by atoms with van der Waals surface area (Å²) in [4.78, 5) is 9.45.